The van der Waals surface area contributed by atoms with Crippen LogP contribution in [0.15, 0.2) is 36.4 Å². The quantitative estimate of drug-likeness (QED) is 0.558. The molecular formula is C18H20Se. The first-order valence-corrected chi connectivity index (χ1v) is 8.55. The minimum absolute atomic E-state index is 0.355. The Bertz CT molecular complexity index is 741. The molecule has 0 nitrogen and oxygen atoms in total. The van der Waals surface area contributed by atoms with Crippen molar-refractivity contribution in [3.05, 3.63) is 47.5 Å². The second-order valence-corrected chi connectivity index (χ2v) is 8.94. The standard InChI is InChI=1S/C18H20Se/c1-12-5-7-14-15-10-13(11-18(2,3)4)6-8-16(15)19-17(14)9-12/h5-10H,11H2,1-4H3. The van der Waals surface area contributed by atoms with Gasteiger partial charge in [-0.15, -0.1) is 0 Å². The molecule has 98 valence electrons. The van der Waals surface area contributed by atoms with Crippen LogP contribution in [0.3, 0.4) is 0 Å². The third-order valence-corrected chi connectivity index (χ3v) is 5.80. The summed E-state index contributed by atoms with van der Waals surface area (Å²) >= 11 is 0.497. The maximum absolute atomic E-state index is 2.42. The molecule has 0 aliphatic rings. The van der Waals surface area contributed by atoms with Crippen LogP contribution in [-0.4, -0.2) is 14.5 Å². The van der Waals surface area contributed by atoms with Crippen molar-refractivity contribution in [1.82, 2.24) is 0 Å². The van der Waals surface area contributed by atoms with E-state index in [1.54, 1.807) is 8.52 Å². The van der Waals surface area contributed by atoms with Crippen molar-refractivity contribution in [2.75, 3.05) is 0 Å². The van der Waals surface area contributed by atoms with Gasteiger partial charge in [0.1, 0.15) is 0 Å². The van der Waals surface area contributed by atoms with Crippen molar-refractivity contribution in [1.29, 1.82) is 0 Å². The second kappa shape index (κ2) is 4.51. The van der Waals surface area contributed by atoms with Crippen molar-refractivity contribution in [3.63, 3.8) is 0 Å². The van der Waals surface area contributed by atoms with Gasteiger partial charge in [0.25, 0.3) is 0 Å². The monoisotopic (exact) mass is 316 g/mol. The van der Waals surface area contributed by atoms with Gasteiger partial charge >= 0.3 is 121 Å². The molecular weight excluding hydrogens is 295 g/mol. The first kappa shape index (κ1) is 13.0. The van der Waals surface area contributed by atoms with Crippen molar-refractivity contribution in [3.8, 4) is 0 Å². The molecule has 0 saturated carbocycles. The van der Waals surface area contributed by atoms with Crippen LogP contribution < -0.4 is 0 Å². The van der Waals surface area contributed by atoms with E-state index < -0.39 is 0 Å². The average molecular weight is 315 g/mol. The fraction of sp³-hybridized carbons (Fsp3) is 0.333. The summed E-state index contributed by atoms with van der Waals surface area (Å²) in [6, 6.07) is 14.0. The van der Waals surface area contributed by atoms with E-state index in [4.69, 9.17) is 0 Å². The third kappa shape index (κ3) is 2.63. The van der Waals surface area contributed by atoms with Crippen LogP contribution >= 0.6 is 0 Å². The van der Waals surface area contributed by atoms with Gasteiger partial charge in [-0.25, -0.2) is 0 Å². The zero-order valence-electron chi connectivity index (χ0n) is 12.1. The van der Waals surface area contributed by atoms with Gasteiger partial charge < -0.3 is 0 Å². The van der Waals surface area contributed by atoms with E-state index in [2.05, 4.69) is 64.1 Å². The first-order valence-electron chi connectivity index (χ1n) is 6.84. The van der Waals surface area contributed by atoms with Gasteiger partial charge in [-0.3, -0.25) is 0 Å². The molecule has 2 aromatic carbocycles. The summed E-state index contributed by atoms with van der Waals surface area (Å²) in [5, 5.41) is 2.95. The molecule has 0 unspecified atom stereocenters. The maximum atomic E-state index is 2.42. The van der Waals surface area contributed by atoms with Gasteiger partial charge in [0.05, 0.1) is 0 Å². The van der Waals surface area contributed by atoms with Gasteiger partial charge in [0.15, 0.2) is 0 Å². The van der Waals surface area contributed by atoms with Crippen molar-refractivity contribution >= 4 is 33.8 Å². The molecule has 1 aromatic heterocycles. The number of benzene rings is 2. The van der Waals surface area contributed by atoms with Crippen LogP contribution in [0.5, 0.6) is 0 Å². The number of hydrogen-bond acceptors (Lipinski definition) is 0. The first-order chi connectivity index (χ1) is 8.92. The molecule has 3 aromatic rings. The normalized spacial score (nSPS) is 12.4. The SMILES string of the molecule is Cc1ccc2c(c1)[se]c1ccc(CC(C)(C)C)cc12. The van der Waals surface area contributed by atoms with Crippen LogP contribution in [0.1, 0.15) is 31.9 Å². The van der Waals surface area contributed by atoms with Crippen molar-refractivity contribution in [2.24, 2.45) is 5.41 Å². The van der Waals surface area contributed by atoms with Gasteiger partial charge in [-0.1, -0.05) is 0 Å². The summed E-state index contributed by atoms with van der Waals surface area (Å²) < 4.78 is 3.10. The summed E-state index contributed by atoms with van der Waals surface area (Å²) in [7, 11) is 0. The molecule has 0 N–H and O–H groups in total. The molecule has 1 heteroatoms. The Labute approximate surface area is 121 Å². The van der Waals surface area contributed by atoms with Crippen LogP contribution in [0, 0.1) is 12.3 Å². The Morgan fingerprint density at radius 1 is 0.895 bits per heavy atom. The van der Waals surface area contributed by atoms with E-state index in [1.807, 2.05) is 0 Å². The molecule has 0 amide bonds. The summed E-state index contributed by atoms with van der Waals surface area (Å²) in [4.78, 5) is 0. The van der Waals surface area contributed by atoms with Crippen LogP contribution in [0.2, 0.25) is 0 Å². The molecule has 0 aliphatic carbocycles. The van der Waals surface area contributed by atoms with E-state index in [1.165, 1.54) is 21.9 Å². The molecule has 3 rings (SSSR count). The molecule has 0 bridgehead atoms. The summed E-state index contributed by atoms with van der Waals surface area (Å²) in [5.74, 6) is 0. The Morgan fingerprint density at radius 3 is 2.42 bits per heavy atom. The predicted molar refractivity (Wildman–Crippen MR) is 86.3 cm³/mol. The van der Waals surface area contributed by atoms with Crippen LogP contribution in [0.4, 0.5) is 0 Å². The molecule has 19 heavy (non-hydrogen) atoms. The zero-order valence-corrected chi connectivity index (χ0v) is 13.8. The van der Waals surface area contributed by atoms with Gasteiger partial charge in [-0.05, 0) is 0 Å². The van der Waals surface area contributed by atoms with Gasteiger partial charge in [0, 0.05) is 0 Å². The molecule has 0 saturated heterocycles. The Morgan fingerprint density at radius 2 is 1.68 bits per heavy atom. The molecule has 0 atom stereocenters. The van der Waals surface area contributed by atoms with E-state index >= 15 is 0 Å². The summed E-state index contributed by atoms with van der Waals surface area (Å²) in [6.45, 7) is 9.11. The number of aryl methyl sites for hydroxylation is 1. The fourth-order valence-corrected chi connectivity index (χ4v) is 5.14. The minimum atomic E-state index is 0.355. The van der Waals surface area contributed by atoms with Gasteiger partial charge in [-0.2, -0.15) is 0 Å². The molecule has 1 heterocycles. The van der Waals surface area contributed by atoms with Crippen LogP contribution in [0.25, 0.3) is 19.3 Å². The number of rotatable bonds is 1. The fourth-order valence-electron chi connectivity index (χ4n) is 2.65. The van der Waals surface area contributed by atoms with E-state index in [0.717, 1.165) is 6.42 Å². The zero-order chi connectivity index (χ0) is 13.6. The average Bonchev–Trinajstić information content (AvgIpc) is 2.63. The summed E-state index contributed by atoms with van der Waals surface area (Å²) in [5.41, 5.74) is 3.20. The topological polar surface area (TPSA) is 0 Å². The summed E-state index contributed by atoms with van der Waals surface area (Å²) in [6.07, 6.45) is 1.15. The van der Waals surface area contributed by atoms with E-state index in [9.17, 15) is 0 Å². The number of hydrogen-bond donors (Lipinski definition) is 0. The van der Waals surface area contributed by atoms with E-state index in [0.29, 0.717) is 19.9 Å². The Kier molecular flexibility index (Phi) is 3.08. The Hall–Kier alpha value is -1.04. The van der Waals surface area contributed by atoms with Crippen molar-refractivity contribution < 1.29 is 0 Å². The third-order valence-electron chi connectivity index (χ3n) is 3.43. The number of fused-ring (bicyclic) bond motifs is 3. The van der Waals surface area contributed by atoms with Crippen LogP contribution in [-0.2, 0) is 6.42 Å². The second-order valence-electron chi connectivity index (χ2n) is 6.67. The van der Waals surface area contributed by atoms with E-state index in [-0.39, 0.29) is 0 Å². The predicted octanol–water partition coefficient (Wildman–Crippen LogP) is 4.95. The molecule has 0 fully saturated rings. The molecule has 0 radical (unpaired) electrons. The molecule has 0 aliphatic heterocycles. The van der Waals surface area contributed by atoms with Gasteiger partial charge in [0.2, 0.25) is 0 Å². The van der Waals surface area contributed by atoms with Crippen molar-refractivity contribution in [2.45, 2.75) is 34.1 Å². The molecule has 0 spiro atoms. The Balaban J connectivity index is 2.18.